The molecule has 0 N–H and O–H groups in total. The van der Waals surface area contributed by atoms with Crippen molar-refractivity contribution in [2.75, 3.05) is 0 Å². The van der Waals surface area contributed by atoms with E-state index in [9.17, 15) is 0 Å². The van der Waals surface area contributed by atoms with Crippen molar-refractivity contribution in [3.05, 3.63) is 154 Å². The molecule has 4 aromatic carbocycles. The van der Waals surface area contributed by atoms with Crippen LogP contribution in [0.15, 0.2) is 120 Å². The lowest BCUT2D eigenvalue weighted by Crippen LogP contribution is -2.52. The number of fused-ring (bicyclic) bond motifs is 4. The van der Waals surface area contributed by atoms with Gasteiger partial charge in [-0.2, -0.15) is 0 Å². The first-order valence-electron chi connectivity index (χ1n) is 12.7. The van der Waals surface area contributed by atoms with E-state index in [2.05, 4.69) is 137 Å². The molecule has 0 aromatic heterocycles. The Hall–Kier alpha value is -3.64. The van der Waals surface area contributed by atoms with Crippen molar-refractivity contribution in [2.24, 2.45) is 0 Å². The van der Waals surface area contributed by atoms with E-state index in [1.807, 2.05) is 0 Å². The highest BCUT2D eigenvalue weighted by Crippen LogP contribution is 2.76. The van der Waals surface area contributed by atoms with Crippen LogP contribution in [0, 0.1) is 0 Å². The molecule has 3 aliphatic rings. The van der Waals surface area contributed by atoms with Crippen LogP contribution in [0.25, 0.3) is 11.1 Å². The maximum absolute atomic E-state index is 2.35. The summed E-state index contributed by atoms with van der Waals surface area (Å²) in [7, 11) is 0. The fourth-order valence-electron chi connectivity index (χ4n) is 6.93. The standard InChI is InChI=1S/C19H16.C16H16/c1-11-12(2)18-14-8-4-6-10-16(14)19(18)15-9-5-3-7-13(15)17(11)19;1-13(15-9-5-3-6-10-15)14(2)16-11-7-4-8-12-16/h3-10,17-18H,1-2H3;3-12H,1-2H3/b;14-13-. The molecule has 0 radical (unpaired) electrons. The number of benzene rings is 4. The molecule has 2 atom stereocenters. The third-order valence-electron chi connectivity index (χ3n) is 8.81. The Morgan fingerprint density at radius 2 is 0.829 bits per heavy atom. The van der Waals surface area contributed by atoms with Crippen molar-refractivity contribution < 1.29 is 0 Å². The Morgan fingerprint density at radius 1 is 0.486 bits per heavy atom. The quantitative estimate of drug-likeness (QED) is 0.210. The van der Waals surface area contributed by atoms with E-state index in [1.54, 1.807) is 33.4 Å². The minimum Gasteiger partial charge on any atom is -0.0650 e. The van der Waals surface area contributed by atoms with Crippen LogP contribution in [0.3, 0.4) is 0 Å². The lowest BCUT2D eigenvalue weighted by atomic mass is 9.42. The van der Waals surface area contributed by atoms with Gasteiger partial charge in [-0.15, -0.1) is 0 Å². The van der Waals surface area contributed by atoms with Gasteiger partial charge in [0.2, 0.25) is 0 Å². The Kier molecular flexibility index (Phi) is 5.15. The molecule has 0 saturated carbocycles. The SMILES string of the molecule is C/C(=C(\C)c1ccccc1)c1ccccc1.CC1=C(C)C2c3ccccc3C23c2ccccc2C13. The van der Waals surface area contributed by atoms with Gasteiger partial charge in [-0.05, 0) is 72.2 Å². The molecule has 2 unspecified atom stereocenters. The zero-order valence-corrected chi connectivity index (χ0v) is 21.0. The summed E-state index contributed by atoms with van der Waals surface area (Å²) in [5.41, 5.74) is 15.1. The molecule has 0 fully saturated rings. The predicted octanol–water partition coefficient (Wildman–Crippen LogP) is 9.15. The van der Waals surface area contributed by atoms with E-state index in [1.165, 1.54) is 22.3 Å². The van der Waals surface area contributed by atoms with Crippen molar-refractivity contribution in [3.63, 3.8) is 0 Å². The van der Waals surface area contributed by atoms with E-state index in [0.29, 0.717) is 17.3 Å². The van der Waals surface area contributed by atoms with Crippen molar-refractivity contribution in [1.29, 1.82) is 0 Å². The third kappa shape index (κ3) is 2.99. The summed E-state index contributed by atoms with van der Waals surface area (Å²) < 4.78 is 0. The number of allylic oxidation sites excluding steroid dienone is 4. The van der Waals surface area contributed by atoms with Gasteiger partial charge < -0.3 is 0 Å². The summed E-state index contributed by atoms with van der Waals surface area (Å²) in [5, 5.41) is 0. The molecule has 0 bridgehead atoms. The summed E-state index contributed by atoms with van der Waals surface area (Å²) >= 11 is 0. The second-order valence-corrected chi connectivity index (χ2v) is 10.3. The van der Waals surface area contributed by atoms with Gasteiger partial charge in [-0.25, -0.2) is 0 Å². The minimum absolute atomic E-state index is 0.307. The zero-order valence-electron chi connectivity index (χ0n) is 21.0. The second kappa shape index (κ2) is 8.24. The van der Waals surface area contributed by atoms with Crippen LogP contribution in [-0.2, 0) is 5.41 Å². The summed E-state index contributed by atoms with van der Waals surface area (Å²) in [6.45, 7) is 9.04. The highest BCUT2D eigenvalue weighted by atomic mass is 14.7. The van der Waals surface area contributed by atoms with E-state index < -0.39 is 0 Å². The van der Waals surface area contributed by atoms with E-state index >= 15 is 0 Å². The second-order valence-electron chi connectivity index (χ2n) is 10.3. The van der Waals surface area contributed by atoms with E-state index in [-0.39, 0.29) is 0 Å². The van der Waals surface area contributed by atoms with Crippen molar-refractivity contribution in [3.8, 4) is 0 Å². The lowest BCUT2D eigenvalue weighted by molar-refractivity contribution is 0.324. The van der Waals surface area contributed by atoms with Crippen molar-refractivity contribution >= 4 is 11.1 Å². The van der Waals surface area contributed by atoms with Gasteiger partial charge >= 0.3 is 0 Å². The van der Waals surface area contributed by atoms with Crippen LogP contribution >= 0.6 is 0 Å². The van der Waals surface area contributed by atoms with Gasteiger partial charge in [0.05, 0.1) is 0 Å². The molecule has 0 aliphatic heterocycles. The molecule has 0 nitrogen and oxygen atoms in total. The number of hydrogen-bond donors (Lipinski definition) is 0. The third-order valence-corrected chi connectivity index (χ3v) is 8.81. The van der Waals surface area contributed by atoms with Crippen LogP contribution in [0.2, 0.25) is 0 Å². The molecule has 0 heteroatoms. The minimum atomic E-state index is 0.307. The highest BCUT2D eigenvalue weighted by Gasteiger charge is 2.68. The molecule has 35 heavy (non-hydrogen) atoms. The Morgan fingerprint density at radius 3 is 1.23 bits per heavy atom. The molecule has 3 aliphatic carbocycles. The average Bonchev–Trinajstić information content (AvgIpc) is 3.06. The first-order chi connectivity index (χ1) is 17.1. The predicted molar refractivity (Wildman–Crippen MR) is 149 cm³/mol. The maximum atomic E-state index is 2.35. The molecule has 0 amide bonds. The molecular weight excluding hydrogens is 420 g/mol. The number of hydrogen-bond acceptors (Lipinski definition) is 0. The normalized spacial score (nSPS) is 23.3. The lowest BCUT2D eigenvalue weighted by Gasteiger charge is -2.59. The van der Waals surface area contributed by atoms with Crippen LogP contribution in [0.4, 0.5) is 0 Å². The van der Waals surface area contributed by atoms with Gasteiger partial charge in [0.15, 0.2) is 0 Å². The molecule has 4 aromatic rings. The van der Waals surface area contributed by atoms with E-state index in [0.717, 1.165) is 0 Å². The molecular formula is C35H32. The smallest absolute Gasteiger partial charge is 0.0420 e. The molecule has 0 heterocycles. The highest BCUT2D eigenvalue weighted by molar-refractivity contribution is 5.88. The Balaban J connectivity index is 0.000000133. The van der Waals surface area contributed by atoms with Crippen LogP contribution in [0.5, 0.6) is 0 Å². The van der Waals surface area contributed by atoms with Crippen LogP contribution in [0.1, 0.15) is 72.9 Å². The summed E-state index contributed by atoms with van der Waals surface area (Å²) in [6, 6.07) is 39.2. The van der Waals surface area contributed by atoms with E-state index in [4.69, 9.17) is 0 Å². The summed E-state index contributed by atoms with van der Waals surface area (Å²) in [5.74, 6) is 1.28. The first kappa shape index (κ1) is 21.9. The van der Waals surface area contributed by atoms with Crippen LogP contribution < -0.4 is 0 Å². The molecule has 172 valence electrons. The Bertz CT molecular complexity index is 1350. The Labute approximate surface area is 209 Å². The summed E-state index contributed by atoms with van der Waals surface area (Å²) in [6.07, 6.45) is 0. The van der Waals surface area contributed by atoms with Gasteiger partial charge in [0.25, 0.3) is 0 Å². The fraction of sp³-hybridized carbons (Fsp3) is 0.200. The molecule has 7 rings (SSSR count). The number of rotatable bonds is 2. The molecule has 0 saturated heterocycles. The first-order valence-corrected chi connectivity index (χ1v) is 12.7. The largest absolute Gasteiger partial charge is 0.0650 e. The topological polar surface area (TPSA) is 0 Å². The monoisotopic (exact) mass is 452 g/mol. The van der Waals surface area contributed by atoms with Crippen LogP contribution in [-0.4, -0.2) is 0 Å². The van der Waals surface area contributed by atoms with Gasteiger partial charge in [-0.3, -0.25) is 0 Å². The van der Waals surface area contributed by atoms with Gasteiger partial charge in [0.1, 0.15) is 0 Å². The summed E-state index contributed by atoms with van der Waals surface area (Å²) in [4.78, 5) is 0. The average molecular weight is 453 g/mol. The van der Waals surface area contributed by atoms with Crippen molar-refractivity contribution in [2.45, 2.75) is 44.9 Å². The maximum Gasteiger partial charge on any atom is 0.0420 e. The van der Waals surface area contributed by atoms with Gasteiger partial charge in [-0.1, -0.05) is 120 Å². The van der Waals surface area contributed by atoms with Crippen molar-refractivity contribution in [1.82, 2.24) is 0 Å². The molecule has 1 spiro atoms. The zero-order chi connectivity index (χ0) is 24.2. The van der Waals surface area contributed by atoms with Gasteiger partial charge in [0, 0.05) is 17.3 Å². The fourth-order valence-corrected chi connectivity index (χ4v) is 6.93.